The first-order valence-corrected chi connectivity index (χ1v) is 9.10. The summed E-state index contributed by atoms with van der Waals surface area (Å²) in [5.74, 6) is 0.880. The summed E-state index contributed by atoms with van der Waals surface area (Å²) in [7, 11) is 1.70. The molecule has 4 rings (SSSR count). The maximum absolute atomic E-state index is 5.48. The number of aromatic nitrogens is 4. The molecule has 0 spiro atoms. The van der Waals surface area contributed by atoms with Gasteiger partial charge in [-0.3, -0.25) is 4.68 Å². The van der Waals surface area contributed by atoms with Gasteiger partial charge in [-0.25, -0.2) is 0 Å². The molecule has 0 bridgehead atoms. The molecule has 0 amide bonds. The zero-order valence-corrected chi connectivity index (χ0v) is 15.2. The van der Waals surface area contributed by atoms with E-state index in [1.165, 1.54) is 22.9 Å². The van der Waals surface area contributed by atoms with Gasteiger partial charge in [0.15, 0.2) is 0 Å². The fraction of sp³-hybridized carbons (Fsp3) is 0.211. The number of rotatable bonds is 7. The molecule has 0 aliphatic heterocycles. The summed E-state index contributed by atoms with van der Waals surface area (Å²) in [6.07, 6.45) is 3.74. The minimum atomic E-state index is 0.692. The molecule has 2 aromatic heterocycles. The van der Waals surface area contributed by atoms with E-state index in [4.69, 9.17) is 4.74 Å². The Morgan fingerprint density at radius 3 is 2.65 bits per heavy atom. The average Bonchev–Trinajstić information content (AvgIpc) is 3.33. The average molecular weight is 365 g/mol. The lowest BCUT2D eigenvalue weighted by Gasteiger charge is -2.12. The normalized spacial score (nSPS) is 11.1. The molecule has 2 aromatic carbocycles. The van der Waals surface area contributed by atoms with Crippen LogP contribution in [0.3, 0.4) is 0 Å². The van der Waals surface area contributed by atoms with Gasteiger partial charge in [0, 0.05) is 31.0 Å². The Bertz CT molecular complexity index is 996. The first kappa shape index (κ1) is 16.7. The molecule has 7 heteroatoms. The van der Waals surface area contributed by atoms with Gasteiger partial charge >= 0.3 is 0 Å². The van der Waals surface area contributed by atoms with E-state index in [0.29, 0.717) is 6.54 Å². The van der Waals surface area contributed by atoms with E-state index in [1.807, 2.05) is 29.1 Å². The fourth-order valence-electron chi connectivity index (χ4n) is 2.92. The van der Waals surface area contributed by atoms with Crippen LogP contribution < -0.4 is 10.1 Å². The number of hydrogen-bond donors (Lipinski definition) is 1. The van der Waals surface area contributed by atoms with Crippen molar-refractivity contribution in [3.63, 3.8) is 0 Å². The second-order valence-electron chi connectivity index (χ2n) is 6.04. The highest BCUT2D eigenvalue weighted by atomic mass is 32.1. The third-order valence-electron chi connectivity index (χ3n) is 4.21. The number of ether oxygens (including phenoxy) is 1. The van der Waals surface area contributed by atoms with Crippen LogP contribution in [0.15, 0.2) is 54.9 Å². The van der Waals surface area contributed by atoms with Crippen LogP contribution in [0.2, 0.25) is 0 Å². The van der Waals surface area contributed by atoms with Gasteiger partial charge in [-0.05, 0) is 41.5 Å². The Labute approximate surface area is 155 Å². The number of fused-ring (bicyclic) bond motifs is 1. The Hall–Kier alpha value is -2.77. The standard InChI is InChI=1S/C19H19N5OS/c1-25-19-6-4-14(9-16(19)13-24-8-2-7-21-24)11-20-12-15-3-5-17-18(10-15)23-26-22-17/h2-10,20H,11-13H2,1H3. The molecule has 0 saturated carbocycles. The van der Waals surface area contributed by atoms with E-state index in [1.54, 1.807) is 13.3 Å². The van der Waals surface area contributed by atoms with Crippen molar-refractivity contribution in [1.29, 1.82) is 0 Å². The minimum Gasteiger partial charge on any atom is -0.496 e. The summed E-state index contributed by atoms with van der Waals surface area (Å²) in [5, 5.41) is 7.76. The molecule has 0 unspecified atom stereocenters. The lowest BCUT2D eigenvalue weighted by Crippen LogP contribution is -2.13. The Balaban J connectivity index is 1.42. The van der Waals surface area contributed by atoms with Crippen molar-refractivity contribution < 1.29 is 4.74 Å². The highest BCUT2D eigenvalue weighted by molar-refractivity contribution is 7.00. The number of hydrogen-bond acceptors (Lipinski definition) is 6. The van der Waals surface area contributed by atoms with E-state index in [0.717, 1.165) is 35.4 Å². The van der Waals surface area contributed by atoms with Crippen molar-refractivity contribution in [1.82, 2.24) is 23.8 Å². The molecule has 0 atom stereocenters. The summed E-state index contributed by atoms with van der Waals surface area (Å²) < 4.78 is 15.9. The zero-order valence-electron chi connectivity index (χ0n) is 14.4. The molecule has 26 heavy (non-hydrogen) atoms. The minimum absolute atomic E-state index is 0.692. The molecule has 0 fully saturated rings. The SMILES string of the molecule is COc1ccc(CNCc2ccc3nsnc3c2)cc1Cn1cccn1. The van der Waals surface area contributed by atoms with Crippen LogP contribution in [0.25, 0.3) is 11.0 Å². The van der Waals surface area contributed by atoms with Crippen molar-refractivity contribution in [3.8, 4) is 5.75 Å². The van der Waals surface area contributed by atoms with Gasteiger partial charge in [0.2, 0.25) is 0 Å². The smallest absolute Gasteiger partial charge is 0.123 e. The predicted molar refractivity (Wildman–Crippen MR) is 102 cm³/mol. The first-order chi connectivity index (χ1) is 12.8. The molecular formula is C19H19N5OS. The molecular weight excluding hydrogens is 346 g/mol. The quantitative estimate of drug-likeness (QED) is 0.545. The van der Waals surface area contributed by atoms with Gasteiger partial charge in [0.25, 0.3) is 0 Å². The highest BCUT2D eigenvalue weighted by Crippen LogP contribution is 2.21. The monoisotopic (exact) mass is 365 g/mol. The van der Waals surface area contributed by atoms with E-state index in [-0.39, 0.29) is 0 Å². The summed E-state index contributed by atoms with van der Waals surface area (Å²) in [5.41, 5.74) is 5.45. The third kappa shape index (κ3) is 3.74. The van der Waals surface area contributed by atoms with Gasteiger partial charge in [-0.2, -0.15) is 13.8 Å². The van der Waals surface area contributed by atoms with Crippen molar-refractivity contribution >= 4 is 22.8 Å². The first-order valence-electron chi connectivity index (χ1n) is 8.37. The maximum Gasteiger partial charge on any atom is 0.123 e. The highest BCUT2D eigenvalue weighted by Gasteiger charge is 2.06. The van der Waals surface area contributed by atoms with Gasteiger partial charge in [-0.15, -0.1) is 0 Å². The molecule has 0 radical (unpaired) electrons. The van der Waals surface area contributed by atoms with Crippen molar-refractivity contribution in [2.24, 2.45) is 0 Å². The van der Waals surface area contributed by atoms with Gasteiger partial charge in [0.1, 0.15) is 16.8 Å². The number of nitrogens with one attached hydrogen (secondary N) is 1. The Morgan fingerprint density at radius 1 is 1.04 bits per heavy atom. The van der Waals surface area contributed by atoms with Gasteiger partial charge in [0.05, 0.1) is 25.4 Å². The van der Waals surface area contributed by atoms with Gasteiger partial charge in [-0.1, -0.05) is 12.1 Å². The van der Waals surface area contributed by atoms with Crippen LogP contribution in [0.1, 0.15) is 16.7 Å². The summed E-state index contributed by atoms with van der Waals surface area (Å²) in [4.78, 5) is 0. The number of nitrogens with zero attached hydrogens (tertiary/aromatic N) is 4. The summed E-state index contributed by atoms with van der Waals surface area (Å²) in [6, 6.07) is 14.4. The van der Waals surface area contributed by atoms with Crippen LogP contribution in [-0.2, 0) is 19.6 Å². The van der Waals surface area contributed by atoms with Crippen LogP contribution in [-0.4, -0.2) is 25.6 Å². The number of benzene rings is 2. The molecule has 4 aromatic rings. The molecule has 0 saturated heterocycles. The van der Waals surface area contributed by atoms with Crippen molar-refractivity contribution in [2.45, 2.75) is 19.6 Å². The Kier molecular flexibility index (Phi) is 4.90. The van der Waals surface area contributed by atoms with Crippen LogP contribution in [0.5, 0.6) is 5.75 Å². The second-order valence-corrected chi connectivity index (χ2v) is 6.57. The second kappa shape index (κ2) is 7.63. The molecule has 132 valence electrons. The maximum atomic E-state index is 5.48. The molecule has 1 N–H and O–H groups in total. The lowest BCUT2D eigenvalue weighted by atomic mass is 10.1. The predicted octanol–water partition coefficient (Wildman–Crippen LogP) is 3.23. The van der Waals surface area contributed by atoms with Gasteiger partial charge < -0.3 is 10.1 Å². The molecule has 0 aliphatic rings. The fourth-order valence-corrected chi connectivity index (χ4v) is 3.44. The molecule has 6 nitrogen and oxygen atoms in total. The Morgan fingerprint density at radius 2 is 1.85 bits per heavy atom. The van der Waals surface area contributed by atoms with E-state index < -0.39 is 0 Å². The van der Waals surface area contributed by atoms with E-state index in [9.17, 15) is 0 Å². The van der Waals surface area contributed by atoms with Crippen LogP contribution in [0, 0.1) is 0 Å². The zero-order chi connectivity index (χ0) is 17.8. The molecule has 0 aliphatic carbocycles. The summed E-state index contributed by atoms with van der Waals surface area (Å²) >= 11 is 1.25. The van der Waals surface area contributed by atoms with E-state index >= 15 is 0 Å². The largest absolute Gasteiger partial charge is 0.496 e. The van der Waals surface area contributed by atoms with Crippen LogP contribution in [0.4, 0.5) is 0 Å². The number of methoxy groups -OCH3 is 1. The molecule has 2 heterocycles. The van der Waals surface area contributed by atoms with E-state index in [2.05, 4.69) is 43.4 Å². The van der Waals surface area contributed by atoms with Crippen LogP contribution >= 0.6 is 11.7 Å². The topological polar surface area (TPSA) is 64.9 Å². The van der Waals surface area contributed by atoms with Crippen molar-refractivity contribution in [2.75, 3.05) is 7.11 Å². The third-order valence-corrected chi connectivity index (χ3v) is 4.77. The van der Waals surface area contributed by atoms with Crippen molar-refractivity contribution in [3.05, 3.63) is 71.5 Å². The lowest BCUT2D eigenvalue weighted by molar-refractivity contribution is 0.407. The summed E-state index contributed by atoms with van der Waals surface area (Å²) in [6.45, 7) is 2.26.